The molecule has 0 aromatic heterocycles. The summed E-state index contributed by atoms with van der Waals surface area (Å²) in [5, 5.41) is 0. The Morgan fingerprint density at radius 1 is 0.311 bits per heavy atom. The fourth-order valence-electron chi connectivity index (χ4n) is 8.34. The van der Waals surface area contributed by atoms with Crippen LogP contribution in [-0.2, 0) is 28.6 Å². The molecule has 0 heterocycles. The zero-order valence-electron chi connectivity index (χ0n) is 41.8. The number of hydrogen-bond donors (Lipinski definition) is 0. The Balaban J connectivity index is 4.29. The minimum Gasteiger partial charge on any atom is -0.462 e. The fraction of sp³-hybridized carbons (Fsp3) is 0.945. The molecule has 0 aromatic carbocycles. The Morgan fingerprint density at radius 2 is 0.541 bits per heavy atom. The van der Waals surface area contributed by atoms with Crippen molar-refractivity contribution in [3.63, 3.8) is 0 Å². The Labute approximate surface area is 380 Å². The van der Waals surface area contributed by atoms with Gasteiger partial charge >= 0.3 is 17.9 Å². The molecular weight excluding hydrogens is 757 g/mol. The van der Waals surface area contributed by atoms with E-state index in [9.17, 15) is 14.4 Å². The van der Waals surface area contributed by atoms with Crippen molar-refractivity contribution in [2.24, 2.45) is 11.8 Å². The normalized spacial score (nSPS) is 12.0. The Morgan fingerprint density at radius 3 is 0.803 bits per heavy atom. The molecule has 0 aliphatic carbocycles. The molecule has 362 valence electrons. The van der Waals surface area contributed by atoms with Gasteiger partial charge in [0, 0.05) is 19.3 Å². The van der Waals surface area contributed by atoms with Crippen molar-refractivity contribution in [1.29, 1.82) is 0 Å². The van der Waals surface area contributed by atoms with Crippen molar-refractivity contribution < 1.29 is 28.6 Å². The fourth-order valence-corrected chi connectivity index (χ4v) is 8.34. The molecule has 0 unspecified atom stereocenters. The summed E-state index contributed by atoms with van der Waals surface area (Å²) < 4.78 is 16.8. The van der Waals surface area contributed by atoms with Gasteiger partial charge in [-0.2, -0.15) is 0 Å². The van der Waals surface area contributed by atoms with Gasteiger partial charge in [0.25, 0.3) is 0 Å². The van der Waals surface area contributed by atoms with Crippen LogP contribution in [0.3, 0.4) is 0 Å². The highest BCUT2D eigenvalue weighted by atomic mass is 16.6. The zero-order valence-corrected chi connectivity index (χ0v) is 41.8. The Hall–Kier alpha value is -1.59. The van der Waals surface area contributed by atoms with Crippen molar-refractivity contribution in [2.45, 2.75) is 310 Å². The van der Waals surface area contributed by atoms with E-state index in [1.807, 2.05) is 0 Å². The average Bonchev–Trinajstić information content (AvgIpc) is 3.23. The van der Waals surface area contributed by atoms with E-state index in [-0.39, 0.29) is 31.1 Å². The molecule has 0 spiro atoms. The molecule has 0 saturated heterocycles. The second-order valence-corrected chi connectivity index (χ2v) is 19.8. The lowest BCUT2D eigenvalue weighted by Crippen LogP contribution is -2.30. The lowest BCUT2D eigenvalue weighted by molar-refractivity contribution is -0.167. The summed E-state index contributed by atoms with van der Waals surface area (Å²) >= 11 is 0. The highest BCUT2D eigenvalue weighted by Gasteiger charge is 2.19. The van der Waals surface area contributed by atoms with Crippen molar-refractivity contribution in [3.05, 3.63) is 0 Å². The predicted octanol–water partition coefficient (Wildman–Crippen LogP) is 17.7. The lowest BCUT2D eigenvalue weighted by Gasteiger charge is -2.18. The van der Waals surface area contributed by atoms with E-state index in [2.05, 4.69) is 34.6 Å². The molecule has 0 bridgehead atoms. The van der Waals surface area contributed by atoms with Gasteiger partial charge in [-0.05, 0) is 31.1 Å². The molecule has 0 N–H and O–H groups in total. The SMILES string of the molecule is CCCCCCCCCCCCCCC(=O)O[C@H](COC(=O)CCCCCCCCCCCCCCCC(C)C)COC(=O)CCCCCCCCCCCCCCC(C)C. The average molecular weight is 863 g/mol. The van der Waals surface area contributed by atoms with Crippen LogP contribution in [-0.4, -0.2) is 37.2 Å². The monoisotopic (exact) mass is 863 g/mol. The lowest BCUT2D eigenvalue weighted by atomic mass is 10.0. The van der Waals surface area contributed by atoms with Crippen LogP contribution in [0.1, 0.15) is 304 Å². The standard InChI is InChI=1S/C55H106O6/c1-6-7-8-9-10-11-12-20-27-32-37-42-47-55(58)61-52(49-60-54(57)46-41-36-31-26-22-17-16-19-24-29-34-39-44-51(4)5)48-59-53(56)45-40-35-30-25-21-15-13-14-18-23-28-33-38-43-50(2)3/h50-52H,6-49H2,1-5H3/t52-/m1/s1. The highest BCUT2D eigenvalue weighted by molar-refractivity contribution is 5.71. The van der Waals surface area contributed by atoms with E-state index >= 15 is 0 Å². The molecule has 6 heteroatoms. The van der Waals surface area contributed by atoms with Crippen LogP contribution >= 0.6 is 0 Å². The second kappa shape index (κ2) is 47.9. The van der Waals surface area contributed by atoms with Gasteiger partial charge < -0.3 is 14.2 Å². The largest absolute Gasteiger partial charge is 0.462 e. The van der Waals surface area contributed by atoms with E-state index in [1.165, 1.54) is 193 Å². The summed E-state index contributed by atoms with van der Waals surface area (Å²) in [6.07, 6.45) is 49.4. The molecule has 0 aromatic rings. The molecule has 0 rings (SSSR count). The first kappa shape index (κ1) is 59.4. The molecular formula is C55H106O6. The van der Waals surface area contributed by atoms with Crippen LogP contribution in [0.5, 0.6) is 0 Å². The summed E-state index contributed by atoms with van der Waals surface area (Å²) in [5.74, 6) is 0.830. The number of unbranched alkanes of at least 4 members (excludes halogenated alkanes) is 34. The Bertz CT molecular complexity index is 931. The summed E-state index contributed by atoms with van der Waals surface area (Å²) in [5.41, 5.74) is 0. The zero-order chi connectivity index (χ0) is 44.7. The number of ether oxygens (including phenoxy) is 3. The number of esters is 3. The minimum atomic E-state index is -0.761. The highest BCUT2D eigenvalue weighted by Crippen LogP contribution is 2.18. The maximum Gasteiger partial charge on any atom is 0.306 e. The van der Waals surface area contributed by atoms with Gasteiger partial charge in [0.15, 0.2) is 6.10 Å². The smallest absolute Gasteiger partial charge is 0.306 e. The first-order valence-electron chi connectivity index (χ1n) is 27.2. The molecule has 0 aliphatic rings. The minimum absolute atomic E-state index is 0.0631. The maximum atomic E-state index is 12.8. The molecule has 1 atom stereocenters. The summed E-state index contributed by atoms with van der Waals surface area (Å²) in [6, 6.07) is 0. The molecule has 0 saturated carbocycles. The molecule has 0 amide bonds. The van der Waals surface area contributed by atoms with Crippen LogP contribution in [0.4, 0.5) is 0 Å². The van der Waals surface area contributed by atoms with E-state index < -0.39 is 6.10 Å². The maximum absolute atomic E-state index is 12.8. The summed E-state index contributed by atoms with van der Waals surface area (Å²) in [4.78, 5) is 38.0. The quantitative estimate of drug-likeness (QED) is 0.0344. The molecule has 0 fully saturated rings. The topological polar surface area (TPSA) is 78.9 Å². The van der Waals surface area contributed by atoms with Crippen molar-refractivity contribution in [2.75, 3.05) is 13.2 Å². The number of carbonyl (C=O) groups is 3. The van der Waals surface area contributed by atoms with Gasteiger partial charge in [-0.15, -0.1) is 0 Å². The van der Waals surface area contributed by atoms with Gasteiger partial charge in [-0.1, -0.05) is 266 Å². The van der Waals surface area contributed by atoms with Crippen LogP contribution in [0.2, 0.25) is 0 Å². The first-order chi connectivity index (χ1) is 29.7. The van der Waals surface area contributed by atoms with E-state index in [4.69, 9.17) is 14.2 Å². The summed E-state index contributed by atoms with van der Waals surface area (Å²) in [7, 11) is 0. The number of hydrogen-bond acceptors (Lipinski definition) is 6. The van der Waals surface area contributed by atoms with Gasteiger partial charge in [0.05, 0.1) is 0 Å². The van der Waals surface area contributed by atoms with Gasteiger partial charge in [-0.25, -0.2) is 0 Å². The number of rotatable bonds is 49. The van der Waals surface area contributed by atoms with Crippen LogP contribution in [0.25, 0.3) is 0 Å². The van der Waals surface area contributed by atoms with E-state index in [0.717, 1.165) is 69.6 Å². The van der Waals surface area contributed by atoms with Crippen molar-refractivity contribution >= 4 is 17.9 Å². The van der Waals surface area contributed by atoms with Gasteiger partial charge in [-0.3, -0.25) is 14.4 Å². The second-order valence-electron chi connectivity index (χ2n) is 19.8. The van der Waals surface area contributed by atoms with Crippen molar-refractivity contribution in [3.8, 4) is 0 Å². The summed E-state index contributed by atoms with van der Waals surface area (Å²) in [6.45, 7) is 11.4. The van der Waals surface area contributed by atoms with Crippen molar-refractivity contribution in [1.82, 2.24) is 0 Å². The van der Waals surface area contributed by atoms with E-state index in [1.54, 1.807) is 0 Å². The predicted molar refractivity (Wildman–Crippen MR) is 261 cm³/mol. The van der Waals surface area contributed by atoms with Crippen LogP contribution in [0.15, 0.2) is 0 Å². The molecule has 0 radical (unpaired) electrons. The van der Waals surface area contributed by atoms with E-state index in [0.29, 0.717) is 19.3 Å². The third-order valence-electron chi connectivity index (χ3n) is 12.5. The van der Waals surface area contributed by atoms with Crippen LogP contribution in [0, 0.1) is 11.8 Å². The Kier molecular flexibility index (Phi) is 46.6. The molecule has 6 nitrogen and oxygen atoms in total. The molecule has 61 heavy (non-hydrogen) atoms. The molecule has 0 aliphatic heterocycles. The third kappa shape index (κ3) is 49.3. The van der Waals surface area contributed by atoms with Gasteiger partial charge in [0.2, 0.25) is 0 Å². The first-order valence-corrected chi connectivity index (χ1v) is 27.2. The third-order valence-corrected chi connectivity index (χ3v) is 12.5. The number of carbonyl (C=O) groups excluding carboxylic acids is 3. The van der Waals surface area contributed by atoms with Gasteiger partial charge in [0.1, 0.15) is 13.2 Å². The van der Waals surface area contributed by atoms with Crippen LogP contribution < -0.4 is 0 Å².